The van der Waals surface area contributed by atoms with Crippen molar-refractivity contribution in [3.8, 4) is 0 Å². The van der Waals surface area contributed by atoms with E-state index in [-0.39, 0.29) is 20.9 Å². The van der Waals surface area contributed by atoms with E-state index in [9.17, 15) is 16.8 Å². The minimum absolute atomic E-state index is 0.000943. The molecule has 1 aliphatic heterocycles. The zero-order valence-corrected chi connectivity index (χ0v) is 15.5. The number of anilines is 1. The molecule has 2 aromatic carbocycles. The normalized spacial score (nSPS) is 17.8. The van der Waals surface area contributed by atoms with Crippen molar-refractivity contribution in [3.05, 3.63) is 53.1 Å². The van der Waals surface area contributed by atoms with Crippen LogP contribution in [-0.4, -0.2) is 29.1 Å². The van der Waals surface area contributed by atoms with Crippen LogP contribution in [0.3, 0.4) is 0 Å². The molecule has 1 aliphatic rings. The van der Waals surface area contributed by atoms with E-state index >= 15 is 0 Å². The Labute approximate surface area is 146 Å². The van der Waals surface area contributed by atoms with Gasteiger partial charge in [-0.05, 0) is 43.2 Å². The first-order valence-corrected chi connectivity index (χ1v) is 11.0. The van der Waals surface area contributed by atoms with Gasteiger partial charge in [-0.2, -0.15) is 0 Å². The van der Waals surface area contributed by atoms with Gasteiger partial charge in [-0.25, -0.2) is 16.8 Å². The summed E-state index contributed by atoms with van der Waals surface area (Å²) >= 11 is 6.08. The van der Waals surface area contributed by atoms with Crippen LogP contribution in [0.5, 0.6) is 0 Å². The second-order valence-corrected chi connectivity index (χ2v) is 10.1. The summed E-state index contributed by atoms with van der Waals surface area (Å²) in [4.78, 5) is -0.277. The topological polar surface area (TPSA) is 71.5 Å². The molecule has 0 spiro atoms. The zero-order chi connectivity index (χ0) is 17.7. The van der Waals surface area contributed by atoms with E-state index in [0.717, 1.165) is 17.9 Å². The molecule has 0 aliphatic carbocycles. The number of sulfone groups is 1. The van der Waals surface area contributed by atoms with Crippen LogP contribution in [0.15, 0.2) is 52.3 Å². The summed E-state index contributed by atoms with van der Waals surface area (Å²) in [5.41, 5.74) is 1.54. The molecule has 0 radical (unpaired) electrons. The van der Waals surface area contributed by atoms with E-state index < -0.39 is 19.9 Å². The second kappa shape index (κ2) is 5.75. The first-order valence-electron chi connectivity index (χ1n) is 7.24. The summed E-state index contributed by atoms with van der Waals surface area (Å²) < 4.78 is 51.1. The lowest BCUT2D eigenvalue weighted by molar-refractivity contribution is 0.584. The molecule has 1 heterocycles. The van der Waals surface area contributed by atoms with Crippen LogP contribution in [0.1, 0.15) is 12.5 Å². The van der Waals surface area contributed by atoms with Crippen LogP contribution in [0.4, 0.5) is 5.69 Å². The Morgan fingerprint density at radius 2 is 1.75 bits per heavy atom. The van der Waals surface area contributed by atoms with E-state index in [4.69, 9.17) is 11.6 Å². The molecule has 24 heavy (non-hydrogen) atoms. The number of para-hydroxylation sites is 1. The first-order chi connectivity index (χ1) is 11.1. The van der Waals surface area contributed by atoms with Gasteiger partial charge in [0.1, 0.15) is 4.90 Å². The van der Waals surface area contributed by atoms with Gasteiger partial charge in [0.05, 0.1) is 15.6 Å². The molecule has 0 saturated carbocycles. The average molecular weight is 386 g/mol. The third-order valence-corrected chi connectivity index (χ3v) is 7.53. The largest absolute Gasteiger partial charge is 0.266 e. The molecular formula is C16H16ClNO4S2. The van der Waals surface area contributed by atoms with Crippen molar-refractivity contribution >= 4 is 37.1 Å². The summed E-state index contributed by atoms with van der Waals surface area (Å²) in [6.07, 6.45) is 1.62. The van der Waals surface area contributed by atoms with Crippen molar-refractivity contribution in [2.75, 3.05) is 10.6 Å². The van der Waals surface area contributed by atoms with Crippen LogP contribution in [-0.2, 0) is 26.3 Å². The summed E-state index contributed by atoms with van der Waals surface area (Å²) in [6, 6.07) is 10.7. The van der Waals surface area contributed by atoms with Crippen LogP contribution in [0.25, 0.3) is 0 Å². The average Bonchev–Trinajstić information content (AvgIpc) is 2.82. The number of hydrogen-bond donors (Lipinski definition) is 0. The number of benzene rings is 2. The smallest absolute Gasteiger partial charge is 0.263 e. The molecule has 0 aromatic heterocycles. The minimum atomic E-state index is -3.98. The number of hydrogen-bond acceptors (Lipinski definition) is 4. The number of fused-ring (bicyclic) bond motifs is 1. The van der Waals surface area contributed by atoms with Gasteiger partial charge in [0, 0.05) is 12.3 Å². The highest BCUT2D eigenvalue weighted by Crippen LogP contribution is 2.38. The third kappa shape index (κ3) is 2.81. The quantitative estimate of drug-likeness (QED) is 0.814. The molecule has 3 rings (SSSR count). The number of rotatable bonds is 3. The molecule has 1 unspecified atom stereocenters. The third-order valence-electron chi connectivity index (χ3n) is 4.01. The molecule has 0 saturated heterocycles. The van der Waals surface area contributed by atoms with Gasteiger partial charge in [-0.1, -0.05) is 29.8 Å². The SMILES string of the molecule is CC1Cc2ccccc2N1S(=O)(=O)c1cc(S(C)(=O)=O)ccc1Cl. The molecule has 0 fully saturated rings. The summed E-state index contributed by atoms with van der Waals surface area (Å²) in [6.45, 7) is 1.81. The predicted molar refractivity (Wildman–Crippen MR) is 93.8 cm³/mol. The summed E-state index contributed by atoms with van der Waals surface area (Å²) in [5, 5.41) is -0.000943. The zero-order valence-electron chi connectivity index (χ0n) is 13.1. The van der Waals surface area contributed by atoms with E-state index in [1.807, 2.05) is 19.1 Å². The fraction of sp³-hybridized carbons (Fsp3) is 0.250. The predicted octanol–water partition coefficient (Wildman–Crippen LogP) is 2.88. The summed E-state index contributed by atoms with van der Waals surface area (Å²) in [7, 11) is -7.52. The number of halogens is 1. The standard InChI is InChI=1S/C16H16ClNO4S2/c1-11-9-12-5-3-4-6-15(12)18(11)24(21,22)16-10-13(23(2,19)20)7-8-14(16)17/h3-8,10-11H,9H2,1-2H3. The number of sulfonamides is 1. The lowest BCUT2D eigenvalue weighted by Gasteiger charge is -2.25. The second-order valence-electron chi connectivity index (χ2n) is 5.85. The molecule has 2 aromatic rings. The maximum atomic E-state index is 13.2. The minimum Gasteiger partial charge on any atom is -0.263 e. The maximum absolute atomic E-state index is 13.2. The molecule has 5 nitrogen and oxygen atoms in total. The van der Waals surface area contributed by atoms with Gasteiger partial charge >= 0.3 is 0 Å². The Morgan fingerprint density at radius 3 is 2.42 bits per heavy atom. The number of nitrogens with zero attached hydrogens (tertiary/aromatic N) is 1. The molecule has 0 N–H and O–H groups in total. The van der Waals surface area contributed by atoms with Gasteiger partial charge in [0.15, 0.2) is 9.84 Å². The Kier molecular flexibility index (Phi) is 4.14. The van der Waals surface area contributed by atoms with Gasteiger partial charge in [-0.15, -0.1) is 0 Å². The van der Waals surface area contributed by atoms with Gasteiger partial charge < -0.3 is 0 Å². The van der Waals surface area contributed by atoms with Gasteiger partial charge in [-0.3, -0.25) is 4.31 Å². The van der Waals surface area contributed by atoms with E-state index in [2.05, 4.69) is 0 Å². The molecule has 8 heteroatoms. The van der Waals surface area contributed by atoms with Crippen molar-refractivity contribution in [3.63, 3.8) is 0 Å². The van der Waals surface area contributed by atoms with Crippen molar-refractivity contribution in [1.82, 2.24) is 0 Å². The highest BCUT2D eigenvalue weighted by molar-refractivity contribution is 7.93. The fourth-order valence-corrected chi connectivity index (χ4v) is 5.84. The molecular weight excluding hydrogens is 370 g/mol. The van der Waals surface area contributed by atoms with Crippen LogP contribution in [0, 0.1) is 0 Å². The highest BCUT2D eigenvalue weighted by Gasteiger charge is 2.37. The van der Waals surface area contributed by atoms with Gasteiger partial charge in [0.25, 0.3) is 10.0 Å². The van der Waals surface area contributed by atoms with Gasteiger partial charge in [0.2, 0.25) is 0 Å². The maximum Gasteiger partial charge on any atom is 0.266 e. The van der Waals surface area contributed by atoms with Crippen LogP contribution in [0.2, 0.25) is 5.02 Å². The monoisotopic (exact) mass is 385 g/mol. The Balaban J connectivity index is 2.19. The molecule has 0 amide bonds. The first kappa shape index (κ1) is 17.3. The van der Waals surface area contributed by atoms with Crippen LogP contribution >= 0.6 is 11.6 Å². The van der Waals surface area contributed by atoms with Crippen molar-refractivity contribution in [2.45, 2.75) is 29.2 Å². The Morgan fingerprint density at radius 1 is 1.08 bits per heavy atom. The van der Waals surface area contributed by atoms with Crippen LogP contribution < -0.4 is 4.31 Å². The van der Waals surface area contributed by atoms with Crippen molar-refractivity contribution in [1.29, 1.82) is 0 Å². The lowest BCUT2D eigenvalue weighted by atomic mass is 10.1. The fourth-order valence-electron chi connectivity index (χ4n) is 2.92. The molecule has 0 bridgehead atoms. The lowest BCUT2D eigenvalue weighted by Crippen LogP contribution is -2.36. The van der Waals surface area contributed by atoms with Crippen molar-refractivity contribution < 1.29 is 16.8 Å². The van der Waals surface area contributed by atoms with E-state index in [1.165, 1.54) is 16.4 Å². The highest BCUT2D eigenvalue weighted by atomic mass is 35.5. The van der Waals surface area contributed by atoms with E-state index in [1.54, 1.807) is 12.1 Å². The van der Waals surface area contributed by atoms with Crippen molar-refractivity contribution in [2.24, 2.45) is 0 Å². The molecule has 128 valence electrons. The Bertz CT molecular complexity index is 1020. The summed E-state index contributed by atoms with van der Waals surface area (Å²) in [5.74, 6) is 0. The van der Waals surface area contributed by atoms with E-state index in [0.29, 0.717) is 12.1 Å². The molecule has 1 atom stereocenters. The Hall–Kier alpha value is -1.57.